The lowest BCUT2D eigenvalue weighted by atomic mass is 9.85. The summed E-state index contributed by atoms with van der Waals surface area (Å²) in [6.45, 7) is 4.95. The van der Waals surface area contributed by atoms with Gasteiger partial charge in [0.2, 0.25) is 0 Å². The van der Waals surface area contributed by atoms with Crippen molar-refractivity contribution in [3.8, 4) is 0 Å². The fourth-order valence-corrected chi connectivity index (χ4v) is 3.57. The van der Waals surface area contributed by atoms with Crippen molar-refractivity contribution in [1.82, 2.24) is 20.0 Å². The number of hydrogen-bond acceptors (Lipinski definition) is 2. The molecule has 1 fully saturated rings. The molecule has 148 valence electrons. The number of aromatic nitrogens is 2. The number of halogens is 3. The van der Waals surface area contributed by atoms with E-state index in [0.717, 1.165) is 23.5 Å². The standard InChI is InChI=1S/C19H26F3N5/c1-3-23-18(26-15-8-5-7-14(10-15)19(20,21)22)24-11-16-12-27-13(2)6-4-9-17(27)25-16/h4,6,9,12,14-15H,3,5,7-8,10-11H2,1-2H3,(H2,23,24,26). The van der Waals surface area contributed by atoms with Crippen LogP contribution in [-0.4, -0.2) is 34.1 Å². The van der Waals surface area contributed by atoms with E-state index in [1.54, 1.807) is 0 Å². The third-order valence-corrected chi connectivity index (χ3v) is 4.97. The molecule has 1 aliphatic carbocycles. The smallest absolute Gasteiger partial charge is 0.357 e. The van der Waals surface area contributed by atoms with E-state index in [4.69, 9.17) is 0 Å². The Morgan fingerprint density at radius 2 is 2.15 bits per heavy atom. The summed E-state index contributed by atoms with van der Waals surface area (Å²) in [5.74, 6) is -0.688. The minimum atomic E-state index is -4.12. The summed E-state index contributed by atoms with van der Waals surface area (Å²) in [5, 5.41) is 6.30. The molecule has 27 heavy (non-hydrogen) atoms. The van der Waals surface area contributed by atoms with E-state index in [2.05, 4.69) is 20.6 Å². The number of guanidine groups is 1. The van der Waals surface area contributed by atoms with Crippen molar-refractivity contribution in [1.29, 1.82) is 0 Å². The molecule has 0 bridgehead atoms. The molecule has 0 saturated heterocycles. The van der Waals surface area contributed by atoms with Crippen LogP contribution >= 0.6 is 0 Å². The zero-order valence-corrected chi connectivity index (χ0v) is 15.7. The van der Waals surface area contributed by atoms with Crippen LogP contribution in [0.4, 0.5) is 13.2 Å². The maximum Gasteiger partial charge on any atom is 0.391 e. The van der Waals surface area contributed by atoms with E-state index >= 15 is 0 Å². The topological polar surface area (TPSA) is 53.7 Å². The Hall–Kier alpha value is -2.25. The first-order valence-electron chi connectivity index (χ1n) is 9.42. The maximum absolute atomic E-state index is 13.0. The molecule has 2 aromatic heterocycles. The molecule has 2 aromatic rings. The summed E-state index contributed by atoms with van der Waals surface area (Å²) in [7, 11) is 0. The number of pyridine rings is 1. The first-order valence-corrected chi connectivity index (χ1v) is 9.42. The number of rotatable bonds is 4. The highest BCUT2D eigenvalue weighted by Gasteiger charge is 2.42. The summed E-state index contributed by atoms with van der Waals surface area (Å²) in [6.07, 6.45) is -0.558. The lowest BCUT2D eigenvalue weighted by Crippen LogP contribution is -2.46. The average Bonchev–Trinajstić information content (AvgIpc) is 3.04. The summed E-state index contributed by atoms with van der Waals surface area (Å²) >= 11 is 0. The van der Waals surface area contributed by atoms with Crippen LogP contribution in [0.15, 0.2) is 29.4 Å². The number of aryl methyl sites for hydroxylation is 1. The van der Waals surface area contributed by atoms with E-state index in [1.165, 1.54) is 0 Å². The van der Waals surface area contributed by atoms with Gasteiger partial charge < -0.3 is 15.0 Å². The lowest BCUT2D eigenvalue weighted by molar-refractivity contribution is -0.183. The maximum atomic E-state index is 13.0. The third kappa shape index (κ3) is 4.93. The molecule has 5 nitrogen and oxygen atoms in total. The molecule has 1 saturated carbocycles. The molecule has 2 atom stereocenters. The largest absolute Gasteiger partial charge is 0.391 e. The second kappa shape index (κ2) is 8.19. The van der Waals surface area contributed by atoms with Gasteiger partial charge in [-0.05, 0) is 45.2 Å². The Morgan fingerprint density at radius 1 is 1.33 bits per heavy atom. The zero-order valence-electron chi connectivity index (χ0n) is 15.7. The second-order valence-electron chi connectivity index (χ2n) is 7.07. The highest BCUT2D eigenvalue weighted by atomic mass is 19.4. The molecule has 0 amide bonds. The van der Waals surface area contributed by atoms with Crippen LogP contribution in [0.3, 0.4) is 0 Å². The van der Waals surface area contributed by atoms with Gasteiger partial charge in [0, 0.05) is 24.5 Å². The Kier molecular flexibility index (Phi) is 5.92. The first-order chi connectivity index (χ1) is 12.9. The summed E-state index contributed by atoms with van der Waals surface area (Å²) in [4.78, 5) is 9.08. The molecular formula is C19H26F3N5. The third-order valence-electron chi connectivity index (χ3n) is 4.97. The van der Waals surface area contributed by atoms with E-state index < -0.39 is 12.1 Å². The quantitative estimate of drug-likeness (QED) is 0.625. The monoisotopic (exact) mass is 381 g/mol. The van der Waals surface area contributed by atoms with E-state index in [9.17, 15) is 13.2 Å². The number of hydrogen-bond donors (Lipinski definition) is 2. The first kappa shape index (κ1) is 19.5. The van der Waals surface area contributed by atoms with Gasteiger partial charge in [0.15, 0.2) is 5.96 Å². The predicted molar refractivity (Wildman–Crippen MR) is 99.7 cm³/mol. The molecule has 2 unspecified atom stereocenters. The molecule has 3 rings (SSSR count). The molecule has 0 radical (unpaired) electrons. The second-order valence-corrected chi connectivity index (χ2v) is 7.07. The number of aliphatic imine (C=N–C) groups is 1. The van der Waals surface area contributed by atoms with Gasteiger partial charge in [-0.1, -0.05) is 12.5 Å². The summed E-state index contributed by atoms with van der Waals surface area (Å²) in [5.41, 5.74) is 2.76. The molecular weight excluding hydrogens is 355 g/mol. The van der Waals surface area contributed by atoms with Crippen LogP contribution in [0.2, 0.25) is 0 Å². The van der Waals surface area contributed by atoms with E-state index in [-0.39, 0.29) is 18.9 Å². The van der Waals surface area contributed by atoms with Crippen molar-refractivity contribution in [3.05, 3.63) is 35.8 Å². The van der Waals surface area contributed by atoms with Crippen molar-refractivity contribution in [3.63, 3.8) is 0 Å². The van der Waals surface area contributed by atoms with Crippen LogP contribution in [0, 0.1) is 12.8 Å². The fourth-order valence-electron chi connectivity index (χ4n) is 3.57. The number of nitrogens with one attached hydrogen (secondary N) is 2. The van der Waals surface area contributed by atoms with Crippen LogP contribution in [-0.2, 0) is 6.54 Å². The summed E-state index contributed by atoms with van der Waals surface area (Å²) < 4.78 is 41.1. The van der Waals surface area contributed by atoms with Crippen molar-refractivity contribution in [2.24, 2.45) is 10.9 Å². The molecule has 2 heterocycles. The van der Waals surface area contributed by atoms with Gasteiger partial charge >= 0.3 is 6.18 Å². The Labute approximate surface area is 157 Å². The molecule has 8 heteroatoms. The lowest BCUT2D eigenvalue weighted by Gasteiger charge is -2.31. The van der Waals surface area contributed by atoms with E-state index in [0.29, 0.717) is 25.5 Å². The van der Waals surface area contributed by atoms with Gasteiger partial charge in [-0.3, -0.25) is 0 Å². The average molecular weight is 381 g/mol. The van der Waals surface area contributed by atoms with Crippen molar-refractivity contribution < 1.29 is 13.2 Å². The molecule has 0 spiro atoms. The minimum absolute atomic E-state index is 0.0987. The van der Waals surface area contributed by atoms with Crippen LogP contribution in [0.5, 0.6) is 0 Å². The molecule has 1 aliphatic rings. The highest BCUT2D eigenvalue weighted by molar-refractivity contribution is 5.80. The van der Waals surface area contributed by atoms with Crippen LogP contribution in [0.1, 0.15) is 44.0 Å². The van der Waals surface area contributed by atoms with Gasteiger partial charge in [-0.15, -0.1) is 0 Å². The Bertz CT molecular complexity index is 796. The minimum Gasteiger partial charge on any atom is -0.357 e. The SMILES string of the molecule is CCNC(=NCc1cn2c(C)cccc2n1)NC1CCCC(C(F)(F)F)C1. The van der Waals surface area contributed by atoms with E-state index in [1.807, 2.05) is 42.6 Å². The zero-order chi connectivity index (χ0) is 19.4. The Balaban J connectivity index is 1.68. The molecule has 0 aromatic carbocycles. The number of fused-ring (bicyclic) bond motifs is 1. The summed E-state index contributed by atoms with van der Waals surface area (Å²) in [6, 6.07) is 5.68. The van der Waals surface area contributed by atoms with Gasteiger partial charge in [-0.2, -0.15) is 13.2 Å². The number of imidazole rings is 1. The van der Waals surface area contributed by atoms with Crippen LogP contribution < -0.4 is 10.6 Å². The van der Waals surface area contributed by atoms with Gasteiger partial charge in [0.25, 0.3) is 0 Å². The normalized spacial score (nSPS) is 21.4. The number of nitrogens with zero attached hydrogens (tertiary/aromatic N) is 3. The van der Waals surface area contributed by atoms with Gasteiger partial charge in [0.1, 0.15) is 5.65 Å². The van der Waals surface area contributed by atoms with Crippen molar-refractivity contribution in [2.45, 2.75) is 58.3 Å². The number of alkyl halides is 3. The van der Waals surface area contributed by atoms with Gasteiger partial charge in [0.05, 0.1) is 18.2 Å². The molecule has 0 aliphatic heterocycles. The Morgan fingerprint density at radius 3 is 2.85 bits per heavy atom. The molecule has 2 N–H and O–H groups in total. The van der Waals surface area contributed by atoms with Crippen LogP contribution in [0.25, 0.3) is 5.65 Å². The van der Waals surface area contributed by atoms with Gasteiger partial charge in [-0.25, -0.2) is 9.98 Å². The van der Waals surface area contributed by atoms with Crippen molar-refractivity contribution >= 4 is 11.6 Å². The van der Waals surface area contributed by atoms with Crippen molar-refractivity contribution in [2.75, 3.05) is 6.54 Å². The highest BCUT2D eigenvalue weighted by Crippen LogP contribution is 2.37. The predicted octanol–water partition coefficient (Wildman–Crippen LogP) is 3.82. The fraction of sp³-hybridized carbons (Fsp3) is 0.579.